The van der Waals surface area contributed by atoms with Gasteiger partial charge < -0.3 is 9.73 Å². The third kappa shape index (κ3) is 6.42. The molecule has 0 spiro atoms. The van der Waals surface area contributed by atoms with Crippen LogP contribution in [0.4, 0.5) is 0 Å². The van der Waals surface area contributed by atoms with Crippen LogP contribution in [0.5, 0.6) is 0 Å². The number of halogens is 2. The van der Waals surface area contributed by atoms with Gasteiger partial charge in [-0.05, 0) is 34.9 Å². The molecule has 2 aromatic heterocycles. The zero-order valence-corrected chi connectivity index (χ0v) is 19.3. The molecule has 0 fully saturated rings. The fraction of sp³-hybridized carbons (Fsp3) is 0.160. The van der Waals surface area contributed by atoms with E-state index in [9.17, 15) is 4.79 Å². The molecule has 0 saturated heterocycles. The number of amides is 1. The van der Waals surface area contributed by atoms with Crippen molar-refractivity contribution in [1.82, 2.24) is 20.2 Å². The second-order valence-electron chi connectivity index (χ2n) is 7.51. The van der Waals surface area contributed by atoms with Crippen molar-refractivity contribution in [3.8, 4) is 0 Å². The first kappa shape index (κ1) is 23.0. The van der Waals surface area contributed by atoms with E-state index in [2.05, 4.69) is 32.3 Å². The molecule has 33 heavy (non-hydrogen) atoms. The van der Waals surface area contributed by atoms with Crippen LogP contribution in [0.15, 0.2) is 83.7 Å². The zero-order chi connectivity index (χ0) is 23.0. The van der Waals surface area contributed by atoms with Crippen molar-refractivity contribution in [2.24, 2.45) is 0 Å². The Balaban J connectivity index is 1.46. The van der Waals surface area contributed by atoms with E-state index in [4.69, 9.17) is 27.6 Å². The monoisotopic (exact) mass is 480 g/mol. The first-order chi connectivity index (χ1) is 16.1. The lowest BCUT2D eigenvalue weighted by molar-refractivity contribution is 0.0945. The van der Waals surface area contributed by atoms with Crippen LogP contribution in [-0.4, -0.2) is 20.8 Å². The molecule has 4 rings (SSSR count). The number of aromatic nitrogens is 2. The first-order valence-corrected chi connectivity index (χ1v) is 11.1. The molecule has 0 saturated carbocycles. The summed E-state index contributed by atoms with van der Waals surface area (Å²) in [6.45, 7) is 1.97. The average Bonchev–Trinajstić information content (AvgIpc) is 3.30. The van der Waals surface area contributed by atoms with Gasteiger partial charge in [0.1, 0.15) is 6.26 Å². The van der Waals surface area contributed by atoms with Gasteiger partial charge in [-0.1, -0.05) is 65.7 Å². The molecular formula is C25H22Cl2N4O2. The van der Waals surface area contributed by atoms with E-state index in [0.29, 0.717) is 42.1 Å². The second-order valence-corrected chi connectivity index (χ2v) is 8.29. The quantitative estimate of drug-likeness (QED) is 0.342. The van der Waals surface area contributed by atoms with E-state index in [-0.39, 0.29) is 11.6 Å². The van der Waals surface area contributed by atoms with Crippen LogP contribution < -0.4 is 5.32 Å². The van der Waals surface area contributed by atoms with Gasteiger partial charge in [0, 0.05) is 32.0 Å². The minimum atomic E-state index is -0.297. The highest BCUT2D eigenvalue weighted by Gasteiger charge is 2.17. The van der Waals surface area contributed by atoms with Crippen LogP contribution >= 0.6 is 23.2 Å². The molecule has 8 heteroatoms. The molecule has 4 aromatic rings. The highest BCUT2D eigenvalue weighted by Crippen LogP contribution is 2.27. The van der Waals surface area contributed by atoms with E-state index < -0.39 is 0 Å². The summed E-state index contributed by atoms with van der Waals surface area (Å²) in [5.74, 6) is 0.146. The lowest BCUT2D eigenvalue weighted by atomic mass is 10.1. The maximum atomic E-state index is 12.5. The van der Waals surface area contributed by atoms with Crippen molar-refractivity contribution in [3.05, 3.63) is 118 Å². The predicted octanol–water partition coefficient (Wildman–Crippen LogP) is 5.51. The van der Waals surface area contributed by atoms with E-state index in [1.807, 2.05) is 42.5 Å². The van der Waals surface area contributed by atoms with Crippen LogP contribution in [0.3, 0.4) is 0 Å². The van der Waals surface area contributed by atoms with Gasteiger partial charge in [0.25, 0.3) is 5.91 Å². The highest BCUT2D eigenvalue weighted by molar-refractivity contribution is 6.42. The number of nitrogens with one attached hydrogen (secondary N) is 1. The number of hydrogen-bond acceptors (Lipinski definition) is 5. The Morgan fingerprint density at radius 3 is 2.48 bits per heavy atom. The van der Waals surface area contributed by atoms with Gasteiger partial charge >= 0.3 is 0 Å². The standard InChI is InChI=1S/C25H22Cl2N4O2/c26-21-8-4-7-20(24(21)27)15-31(14-19-5-2-1-3-6-19)16-23-30-22(17-33-23)25(32)29-13-18-9-11-28-12-10-18/h1-12,17H,13-16H2,(H,29,32). The van der Waals surface area contributed by atoms with Gasteiger partial charge in [-0.25, -0.2) is 4.98 Å². The van der Waals surface area contributed by atoms with Gasteiger partial charge in [-0.2, -0.15) is 0 Å². The summed E-state index contributed by atoms with van der Waals surface area (Å²) in [4.78, 5) is 23.0. The Bertz CT molecular complexity index is 1200. The summed E-state index contributed by atoms with van der Waals surface area (Å²) in [5.41, 5.74) is 3.23. The summed E-state index contributed by atoms with van der Waals surface area (Å²) in [7, 11) is 0. The third-order valence-electron chi connectivity index (χ3n) is 5.02. The molecule has 2 heterocycles. The molecule has 1 N–H and O–H groups in total. The first-order valence-electron chi connectivity index (χ1n) is 10.4. The second kappa shape index (κ2) is 11.1. The Morgan fingerprint density at radius 2 is 1.70 bits per heavy atom. The average molecular weight is 481 g/mol. The fourth-order valence-electron chi connectivity index (χ4n) is 3.37. The van der Waals surface area contributed by atoms with E-state index in [1.165, 1.54) is 6.26 Å². The SMILES string of the molecule is O=C(NCc1ccncc1)c1coc(CN(Cc2ccccc2)Cc2cccc(Cl)c2Cl)n1. The molecule has 0 unspecified atom stereocenters. The molecule has 0 bridgehead atoms. The van der Waals surface area contributed by atoms with E-state index in [0.717, 1.165) is 16.7 Å². The number of hydrogen-bond donors (Lipinski definition) is 1. The largest absolute Gasteiger partial charge is 0.447 e. The highest BCUT2D eigenvalue weighted by atomic mass is 35.5. The van der Waals surface area contributed by atoms with Gasteiger partial charge in [0.05, 0.1) is 16.6 Å². The Hall–Kier alpha value is -3.19. The number of benzene rings is 2. The molecule has 2 aromatic carbocycles. The Kier molecular flexibility index (Phi) is 7.73. The molecule has 0 aliphatic rings. The summed E-state index contributed by atoms with van der Waals surface area (Å²) in [6, 6.07) is 19.4. The minimum Gasteiger partial charge on any atom is -0.447 e. The number of nitrogens with zero attached hydrogens (tertiary/aromatic N) is 3. The van der Waals surface area contributed by atoms with Crippen LogP contribution in [0.1, 0.15) is 33.1 Å². The lowest BCUT2D eigenvalue weighted by Gasteiger charge is -2.22. The topological polar surface area (TPSA) is 71.3 Å². The van der Waals surface area contributed by atoms with E-state index >= 15 is 0 Å². The molecule has 1 amide bonds. The van der Waals surface area contributed by atoms with Gasteiger partial charge in [-0.15, -0.1) is 0 Å². The minimum absolute atomic E-state index is 0.236. The number of pyridine rings is 1. The van der Waals surface area contributed by atoms with Gasteiger partial charge in [0.2, 0.25) is 5.89 Å². The summed E-state index contributed by atoms with van der Waals surface area (Å²) < 4.78 is 5.62. The molecule has 0 aliphatic carbocycles. The fourth-order valence-corrected chi connectivity index (χ4v) is 3.75. The summed E-state index contributed by atoms with van der Waals surface area (Å²) in [5, 5.41) is 3.88. The van der Waals surface area contributed by atoms with Crippen LogP contribution in [0.2, 0.25) is 10.0 Å². The molecule has 0 radical (unpaired) electrons. The lowest BCUT2D eigenvalue weighted by Crippen LogP contribution is -2.24. The van der Waals surface area contributed by atoms with Crippen molar-refractivity contribution < 1.29 is 9.21 Å². The third-order valence-corrected chi connectivity index (χ3v) is 5.88. The molecule has 6 nitrogen and oxygen atoms in total. The van der Waals surface area contributed by atoms with Gasteiger partial charge in [0.15, 0.2) is 5.69 Å². The maximum Gasteiger partial charge on any atom is 0.273 e. The van der Waals surface area contributed by atoms with Crippen molar-refractivity contribution in [2.75, 3.05) is 0 Å². The van der Waals surface area contributed by atoms with Crippen LogP contribution in [-0.2, 0) is 26.2 Å². The van der Waals surface area contributed by atoms with E-state index in [1.54, 1.807) is 18.5 Å². The van der Waals surface area contributed by atoms with Crippen molar-refractivity contribution in [1.29, 1.82) is 0 Å². The molecular weight excluding hydrogens is 459 g/mol. The smallest absolute Gasteiger partial charge is 0.273 e. The number of oxazole rings is 1. The summed E-state index contributed by atoms with van der Waals surface area (Å²) in [6.07, 6.45) is 4.75. The zero-order valence-electron chi connectivity index (χ0n) is 17.7. The summed E-state index contributed by atoms with van der Waals surface area (Å²) >= 11 is 12.6. The molecule has 0 atom stereocenters. The van der Waals surface area contributed by atoms with Crippen molar-refractivity contribution >= 4 is 29.1 Å². The van der Waals surface area contributed by atoms with Gasteiger partial charge in [-0.3, -0.25) is 14.7 Å². The van der Waals surface area contributed by atoms with Crippen molar-refractivity contribution in [3.63, 3.8) is 0 Å². The molecule has 168 valence electrons. The van der Waals surface area contributed by atoms with Crippen LogP contribution in [0.25, 0.3) is 0 Å². The Labute approximate surface area is 202 Å². The predicted molar refractivity (Wildman–Crippen MR) is 128 cm³/mol. The van der Waals surface area contributed by atoms with Crippen molar-refractivity contribution in [2.45, 2.75) is 26.2 Å². The number of rotatable bonds is 9. The normalized spacial score (nSPS) is 11.0. The number of carbonyl (C=O) groups is 1. The molecule has 0 aliphatic heterocycles. The maximum absolute atomic E-state index is 12.5. The number of carbonyl (C=O) groups excluding carboxylic acids is 1. The Morgan fingerprint density at radius 1 is 0.909 bits per heavy atom. The van der Waals surface area contributed by atoms with Crippen LogP contribution in [0, 0.1) is 0 Å².